The van der Waals surface area contributed by atoms with Crippen LogP contribution in [0.3, 0.4) is 0 Å². The lowest BCUT2D eigenvalue weighted by Crippen LogP contribution is -2.12. The molecule has 3 aromatic carbocycles. The topological polar surface area (TPSA) is 51.2 Å². The molecule has 1 N–H and O–H groups in total. The van der Waals surface area contributed by atoms with Gasteiger partial charge in [0.15, 0.2) is 0 Å². The summed E-state index contributed by atoms with van der Waals surface area (Å²) in [6.45, 7) is 3.95. The van der Waals surface area contributed by atoms with Gasteiger partial charge in [-0.3, -0.25) is 4.79 Å². The third kappa shape index (κ3) is 4.81. The molecule has 0 aliphatic carbocycles. The number of anilines is 1. The zero-order chi connectivity index (χ0) is 20.2. The molecule has 0 saturated carbocycles. The molecule has 0 saturated heterocycles. The van der Waals surface area contributed by atoms with Crippen molar-refractivity contribution in [1.82, 2.24) is 4.98 Å². The number of aromatic nitrogens is 1. The fourth-order valence-electron chi connectivity index (χ4n) is 3.04. The zero-order valence-electron chi connectivity index (χ0n) is 16.4. The minimum absolute atomic E-state index is 0.107. The van der Waals surface area contributed by atoms with Crippen LogP contribution in [0.5, 0.6) is 5.75 Å². The van der Waals surface area contributed by atoms with Crippen molar-refractivity contribution in [3.8, 4) is 5.75 Å². The van der Waals surface area contributed by atoms with Crippen LogP contribution in [-0.2, 0) is 6.42 Å². The van der Waals surface area contributed by atoms with Gasteiger partial charge in [0.05, 0.1) is 21.3 Å². The second kappa shape index (κ2) is 8.45. The highest BCUT2D eigenvalue weighted by Crippen LogP contribution is 2.24. The van der Waals surface area contributed by atoms with E-state index in [0.717, 1.165) is 33.9 Å². The van der Waals surface area contributed by atoms with Crippen LogP contribution in [0.2, 0.25) is 0 Å². The van der Waals surface area contributed by atoms with E-state index in [-0.39, 0.29) is 12.0 Å². The molecule has 0 spiro atoms. The number of carbonyl (C=O) groups is 1. The van der Waals surface area contributed by atoms with Crippen molar-refractivity contribution in [1.29, 1.82) is 0 Å². The van der Waals surface area contributed by atoms with E-state index in [1.165, 1.54) is 4.70 Å². The Morgan fingerprint density at radius 1 is 1.00 bits per heavy atom. The SMILES string of the molecule is CC(C)Oc1ccc(C(=O)Nc2ccc(Cc3nc4ccccc4s3)cc2)cc1. The second-order valence-electron chi connectivity index (χ2n) is 7.09. The van der Waals surface area contributed by atoms with Gasteiger partial charge in [-0.25, -0.2) is 4.98 Å². The molecule has 0 atom stereocenters. The molecule has 0 fully saturated rings. The molecule has 146 valence electrons. The number of thiazole rings is 1. The van der Waals surface area contributed by atoms with Crippen molar-refractivity contribution >= 4 is 33.1 Å². The van der Waals surface area contributed by atoms with Crippen LogP contribution >= 0.6 is 11.3 Å². The number of carbonyl (C=O) groups excluding carboxylic acids is 1. The van der Waals surface area contributed by atoms with Gasteiger partial charge in [0.2, 0.25) is 0 Å². The molecule has 0 aliphatic rings. The van der Waals surface area contributed by atoms with Gasteiger partial charge in [-0.15, -0.1) is 11.3 Å². The van der Waals surface area contributed by atoms with Gasteiger partial charge in [0.1, 0.15) is 5.75 Å². The maximum Gasteiger partial charge on any atom is 0.255 e. The van der Waals surface area contributed by atoms with E-state index in [1.54, 1.807) is 23.5 Å². The summed E-state index contributed by atoms with van der Waals surface area (Å²) in [5.41, 5.74) is 3.57. The average molecular weight is 403 g/mol. The molecule has 0 bridgehead atoms. The Hall–Kier alpha value is -3.18. The standard InChI is InChI=1S/C24H22N2O2S/c1-16(2)28-20-13-9-18(10-14-20)24(27)25-19-11-7-17(8-12-19)15-23-26-21-5-3-4-6-22(21)29-23/h3-14,16H,15H2,1-2H3,(H,25,27). The lowest BCUT2D eigenvalue weighted by molar-refractivity contribution is 0.102. The summed E-state index contributed by atoms with van der Waals surface area (Å²) in [6, 6.07) is 23.3. The van der Waals surface area contributed by atoms with Crippen molar-refractivity contribution < 1.29 is 9.53 Å². The number of hydrogen-bond donors (Lipinski definition) is 1. The largest absolute Gasteiger partial charge is 0.491 e. The number of fused-ring (bicyclic) bond motifs is 1. The Labute approximate surface area is 174 Å². The van der Waals surface area contributed by atoms with Gasteiger partial charge >= 0.3 is 0 Å². The summed E-state index contributed by atoms with van der Waals surface area (Å²) in [6.07, 6.45) is 0.890. The van der Waals surface area contributed by atoms with Crippen LogP contribution in [0.15, 0.2) is 72.8 Å². The van der Waals surface area contributed by atoms with E-state index in [1.807, 2.05) is 68.4 Å². The molecule has 1 amide bonds. The van der Waals surface area contributed by atoms with Crippen LogP contribution in [-0.4, -0.2) is 17.0 Å². The number of ether oxygens (including phenoxy) is 1. The van der Waals surface area contributed by atoms with Gasteiger partial charge in [0, 0.05) is 17.7 Å². The first-order valence-electron chi connectivity index (χ1n) is 9.58. The van der Waals surface area contributed by atoms with Crippen LogP contribution in [0.25, 0.3) is 10.2 Å². The van der Waals surface area contributed by atoms with Crippen LogP contribution in [0.4, 0.5) is 5.69 Å². The van der Waals surface area contributed by atoms with Crippen molar-refractivity contribution in [3.05, 3.63) is 88.9 Å². The van der Waals surface area contributed by atoms with Crippen molar-refractivity contribution in [2.45, 2.75) is 26.4 Å². The van der Waals surface area contributed by atoms with Crippen molar-refractivity contribution in [2.24, 2.45) is 0 Å². The van der Waals surface area contributed by atoms with E-state index in [9.17, 15) is 4.79 Å². The first kappa shape index (κ1) is 19.2. The third-order valence-corrected chi connectivity index (χ3v) is 5.43. The highest BCUT2D eigenvalue weighted by Gasteiger charge is 2.08. The van der Waals surface area contributed by atoms with E-state index in [0.29, 0.717) is 5.56 Å². The number of nitrogens with zero attached hydrogens (tertiary/aromatic N) is 1. The van der Waals surface area contributed by atoms with Crippen molar-refractivity contribution in [3.63, 3.8) is 0 Å². The molecule has 4 rings (SSSR count). The maximum atomic E-state index is 12.5. The van der Waals surface area contributed by atoms with Gasteiger partial charge < -0.3 is 10.1 Å². The molecular formula is C24H22N2O2S. The number of nitrogens with one attached hydrogen (secondary N) is 1. The molecule has 1 heterocycles. The fraction of sp³-hybridized carbons (Fsp3) is 0.167. The zero-order valence-corrected chi connectivity index (χ0v) is 17.2. The van der Waals surface area contributed by atoms with Crippen LogP contribution in [0, 0.1) is 0 Å². The number of para-hydroxylation sites is 1. The Kier molecular flexibility index (Phi) is 5.58. The number of amides is 1. The summed E-state index contributed by atoms with van der Waals surface area (Å²) >= 11 is 1.72. The molecule has 1 aromatic heterocycles. The molecule has 0 aliphatic heterocycles. The third-order valence-electron chi connectivity index (χ3n) is 4.39. The lowest BCUT2D eigenvalue weighted by Gasteiger charge is -2.10. The second-order valence-corrected chi connectivity index (χ2v) is 8.21. The van der Waals surface area contributed by atoms with Crippen LogP contribution < -0.4 is 10.1 Å². The predicted molar refractivity (Wildman–Crippen MR) is 119 cm³/mol. The minimum Gasteiger partial charge on any atom is -0.491 e. The van der Waals surface area contributed by atoms with E-state index in [2.05, 4.69) is 16.4 Å². The monoisotopic (exact) mass is 402 g/mol. The summed E-state index contributed by atoms with van der Waals surface area (Å²) in [4.78, 5) is 17.1. The molecular weight excluding hydrogens is 380 g/mol. The summed E-state index contributed by atoms with van der Waals surface area (Å²) in [5.74, 6) is 0.621. The van der Waals surface area contributed by atoms with E-state index < -0.39 is 0 Å². The Bertz CT molecular complexity index is 1080. The average Bonchev–Trinajstić information content (AvgIpc) is 3.12. The van der Waals surface area contributed by atoms with Gasteiger partial charge in [-0.1, -0.05) is 24.3 Å². The van der Waals surface area contributed by atoms with Gasteiger partial charge in [0.25, 0.3) is 5.91 Å². The molecule has 4 aromatic rings. The first-order valence-corrected chi connectivity index (χ1v) is 10.4. The highest BCUT2D eigenvalue weighted by atomic mass is 32.1. The predicted octanol–water partition coefficient (Wildman–Crippen LogP) is 5.93. The Morgan fingerprint density at radius 2 is 1.72 bits per heavy atom. The van der Waals surface area contributed by atoms with Gasteiger partial charge in [-0.05, 0) is 67.9 Å². The lowest BCUT2D eigenvalue weighted by atomic mass is 10.1. The smallest absolute Gasteiger partial charge is 0.255 e. The molecule has 29 heavy (non-hydrogen) atoms. The molecule has 0 radical (unpaired) electrons. The quantitative estimate of drug-likeness (QED) is 0.435. The molecule has 4 nitrogen and oxygen atoms in total. The van der Waals surface area contributed by atoms with Crippen molar-refractivity contribution in [2.75, 3.05) is 5.32 Å². The Morgan fingerprint density at radius 3 is 2.41 bits per heavy atom. The fourth-order valence-corrected chi connectivity index (χ4v) is 4.04. The number of rotatable bonds is 6. The van der Waals surface area contributed by atoms with Gasteiger partial charge in [-0.2, -0.15) is 0 Å². The molecule has 5 heteroatoms. The summed E-state index contributed by atoms with van der Waals surface area (Å²) < 4.78 is 6.82. The summed E-state index contributed by atoms with van der Waals surface area (Å²) in [7, 11) is 0. The van der Waals surface area contributed by atoms with E-state index in [4.69, 9.17) is 4.74 Å². The first-order chi connectivity index (χ1) is 14.1. The van der Waals surface area contributed by atoms with E-state index >= 15 is 0 Å². The number of hydrogen-bond acceptors (Lipinski definition) is 4. The normalized spacial score (nSPS) is 11.0. The van der Waals surface area contributed by atoms with Crippen LogP contribution in [0.1, 0.15) is 34.8 Å². The summed E-state index contributed by atoms with van der Waals surface area (Å²) in [5, 5.41) is 4.03. The minimum atomic E-state index is -0.139. The molecule has 0 unspecified atom stereocenters. The maximum absolute atomic E-state index is 12.5. The number of benzene rings is 3. The highest BCUT2D eigenvalue weighted by molar-refractivity contribution is 7.18. The Balaban J connectivity index is 1.39.